The molecule has 3 rings (SSSR count). The topological polar surface area (TPSA) is 96.0 Å². The van der Waals surface area contributed by atoms with E-state index in [1.165, 1.54) is 17.0 Å². The van der Waals surface area contributed by atoms with E-state index in [9.17, 15) is 18.0 Å². The summed E-state index contributed by atoms with van der Waals surface area (Å²) in [7, 11) is -2.53. The fraction of sp³-hybridized carbons (Fsp3) is 0.310. The Morgan fingerprint density at radius 3 is 2.24 bits per heavy atom. The largest absolute Gasteiger partial charge is 0.497 e. The Morgan fingerprint density at radius 1 is 0.921 bits per heavy atom. The number of sulfonamides is 1. The molecule has 0 bridgehead atoms. The minimum absolute atomic E-state index is 0.0688. The smallest absolute Gasteiger partial charge is 0.264 e. The Balaban J connectivity index is 2.03. The van der Waals surface area contributed by atoms with Gasteiger partial charge in [-0.05, 0) is 75.2 Å². The number of amides is 2. The third-order valence-electron chi connectivity index (χ3n) is 5.99. The summed E-state index contributed by atoms with van der Waals surface area (Å²) in [6.07, 6.45) is 0. The van der Waals surface area contributed by atoms with Crippen molar-refractivity contribution in [3.05, 3.63) is 90.0 Å². The minimum atomic E-state index is -4.08. The summed E-state index contributed by atoms with van der Waals surface area (Å²) in [6.45, 7) is 6.78. The van der Waals surface area contributed by atoms with E-state index in [1.54, 1.807) is 68.6 Å². The van der Waals surface area contributed by atoms with Crippen LogP contribution in [-0.4, -0.2) is 50.9 Å². The molecule has 1 atom stereocenters. The summed E-state index contributed by atoms with van der Waals surface area (Å²) in [5.74, 6) is -0.230. The van der Waals surface area contributed by atoms with Crippen molar-refractivity contribution >= 4 is 27.5 Å². The average molecular weight is 538 g/mol. The molecular weight excluding hydrogens is 502 g/mol. The van der Waals surface area contributed by atoms with Gasteiger partial charge < -0.3 is 15.0 Å². The summed E-state index contributed by atoms with van der Waals surface area (Å²) in [6, 6.07) is 21.2. The van der Waals surface area contributed by atoms with Gasteiger partial charge in [-0.2, -0.15) is 0 Å². The van der Waals surface area contributed by atoms with Gasteiger partial charge in [0.05, 0.1) is 17.7 Å². The second kappa shape index (κ2) is 12.6. The molecule has 8 nitrogen and oxygen atoms in total. The van der Waals surface area contributed by atoms with Crippen LogP contribution in [0.5, 0.6) is 5.75 Å². The zero-order valence-corrected chi connectivity index (χ0v) is 23.2. The van der Waals surface area contributed by atoms with Gasteiger partial charge in [0, 0.05) is 12.6 Å². The Labute approximate surface area is 225 Å². The van der Waals surface area contributed by atoms with Crippen molar-refractivity contribution in [1.29, 1.82) is 0 Å². The molecule has 9 heteroatoms. The number of hydrogen-bond donors (Lipinski definition) is 1. The van der Waals surface area contributed by atoms with Crippen LogP contribution in [0.25, 0.3) is 0 Å². The van der Waals surface area contributed by atoms with Crippen molar-refractivity contribution in [3.63, 3.8) is 0 Å². The highest BCUT2D eigenvalue weighted by molar-refractivity contribution is 7.92. The molecule has 0 radical (unpaired) electrons. The zero-order valence-electron chi connectivity index (χ0n) is 22.4. The van der Waals surface area contributed by atoms with E-state index in [4.69, 9.17) is 4.74 Å². The lowest BCUT2D eigenvalue weighted by Gasteiger charge is -2.32. The van der Waals surface area contributed by atoms with Crippen LogP contribution in [0.3, 0.4) is 0 Å². The lowest BCUT2D eigenvalue weighted by Crippen LogP contribution is -2.52. The zero-order chi connectivity index (χ0) is 27.9. The molecule has 0 saturated heterocycles. The normalized spacial score (nSPS) is 12.1. The van der Waals surface area contributed by atoms with E-state index < -0.39 is 28.5 Å². The molecule has 38 heavy (non-hydrogen) atoms. The highest BCUT2D eigenvalue weighted by Gasteiger charge is 2.32. The van der Waals surface area contributed by atoms with Gasteiger partial charge in [-0.3, -0.25) is 13.9 Å². The molecule has 0 unspecified atom stereocenters. The fourth-order valence-electron chi connectivity index (χ4n) is 3.99. The summed E-state index contributed by atoms with van der Waals surface area (Å²) in [4.78, 5) is 28.3. The van der Waals surface area contributed by atoms with E-state index in [1.807, 2.05) is 32.9 Å². The van der Waals surface area contributed by atoms with Crippen molar-refractivity contribution < 1.29 is 22.7 Å². The third kappa shape index (κ3) is 7.13. The molecule has 3 aromatic rings. The van der Waals surface area contributed by atoms with Gasteiger partial charge in [0.15, 0.2) is 0 Å². The van der Waals surface area contributed by atoms with Crippen molar-refractivity contribution in [2.24, 2.45) is 0 Å². The number of carbonyl (C=O) groups excluding carboxylic acids is 2. The van der Waals surface area contributed by atoms with Gasteiger partial charge in [-0.25, -0.2) is 8.42 Å². The number of aryl methyl sites for hydroxylation is 1. The quantitative estimate of drug-likeness (QED) is 0.397. The fourth-order valence-corrected chi connectivity index (χ4v) is 5.41. The van der Waals surface area contributed by atoms with Crippen LogP contribution in [0.2, 0.25) is 0 Å². The number of anilines is 1. The summed E-state index contributed by atoms with van der Waals surface area (Å²) >= 11 is 0. The maximum atomic E-state index is 13.9. The molecule has 0 aliphatic rings. The van der Waals surface area contributed by atoms with Gasteiger partial charge >= 0.3 is 0 Å². The molecule has 0 saturated carbocycles. The summed E-state index contributed by atoms with van der Waals surface area (Å²) < 4.78 is 33.9. The summed E-state index contributed by atoms with van der Waals surface area (Å²) in [5.41, 5.74) is 1.96. The predicted octanol–water partition coefficient (Wildman–Crippen LogP) is 4.14. The Kier molecular flexibility index (Phi) is 9.52. The highest BCUT2D eigenvalue weighted by Crippen LogP contribution is 2.25. The first-order valence-electron chi connectivity index (χ1n) is 12.4. The minimum Gasteiger partial charge on any atom is -0.497 e. The first kappa shape index (κ1) is 28.7. The number of ether oxygens (including phenoxy) is 1. The molecule has 0 fully saturated rings. The van der Waals surface area contributed by atoms with E-state index in [0.717, 1.165) is 15.4 Å². The first-order chi connectivity index (χ1) is 18.0. The predicted molar refractivity (Wildman–Crippen MR) is 148 cm³/mol. The van der Waals surface area contributed by atoms with Crippen LogP contribution in [0.1, 0.15) is 31.9 Å². The van der Waals surface area contributed by atoms with Crippen molar-refractivity contribution in [2.45, 2.75) is 51.2 Å². The molecule has 202 valence electrons. The Bertz CT molecular complexity index is 1360. The molecule has 3 aromatic carbocycles. The van der Waals surface area contributed by atoms with Crippen LogP contribution in [0.15, 0.2) is 83.8 Å². The van der Waals surface area contributed by atoms with E-state index in [0.29, 0.717) is 11.4 Å². The number of nitrogens with zero attached hydrogens (tertiary/aromatic N) is 2. The van der Waals surface area contributed by atoms with Gasteiger partial charge in [0.25, 0.3) is 10.0 Å². The number of benzene rings is 3. The maximum Gasteiger partial charge on any atom is 0.264 e. The molecule has 0 aliphatic heterocycles. The molecule has 1 N–H and O–H groups in total. The second-order valence-electron chi connectivity index (χ2n) is 9.38. The van der Waals surface area contributed by atoms with Crippen molar-refractivity contribution in [3.8, 4) is 5.75 Å². The van der Waals surface area contributed by atoms with Crippen LogP contribution in [-0.2, 0) is 26.2 Å². The number of nitrogens with one attached hydrogen (secondary N) is 1. The standard InChI is InChI=1S/C29H35N3O5S/c1-21(2)30-29(34)23(4)31(19-24-12-10-14-26(18-24)37-5)28(33)20-32(25-13-9-11-22(3)17-25)38(35,36)27-15-7-6-8-16-27/h6-18,21,23H,19-20H2,1-5H3,(H,30,34)/t23-/m1/s1. The third-order valence-corrected chi connectivity index (χ3v) is 7.77. The van der Waals surface area contributed by atoms with Crippen molar-refractivity contribution in [2.75, 3.05) is 18.0 Å². The molecule has 0 aromatic heterocycles. The number of rotatable bonds is 11. The average Bonchev–Trinajstić information content (AvgIpc) is 2.90. The van der Waals surface area contributed by atoms with E-state index in [2.05, 4.69) is 5.32 Å². The number of carbonyl (C=O) groups is 2. The van der Waals surface area contributed by atoms with Gasteiger partial charge in [-0.1, -0.05) is 42.5 Å². The van der Waals surface area contributed by atoms with Gasteiger partial charge in [0.2, 0.25) is 11.8 Å². The number of hydrogen-bond acceptors (Lipinski definition) is 5. The van der Waals surface area contributed by atoms with Crippen molar-refractivity contribution in [1.82, 2.24) is 10.2 Å². The number of methoxy groups -OCH3 is 1. The molecule has 0 aliphatic carbocycles. The van der Waals surface area contributed by atoms with Crippen LogP contribution in [0.4, 0.5) is 5.69 Å². The maximum absolute atomic E-state index is 13.9. The molecule has 2 amide bonds. The second-order valence-corrected chi connectivity index (χ2v) is 11.2. The monoisotopic (exact) mass is 537 g/mol. The Hall–Kier alpha value is -3.85. The molecule has 0 heterocycles. The summed E-state index contributed by atoms with van der Waals surface area (Å²) in [5, 5.41) is 2.85. The van der Waals surface area contributed by atoms with Gasteiger partial charge in [-0.15, -0.1) is 0 Å². The lowest BCUT2D eigenvalue weighted by molar-refractivity contribution is -0.139. The molecular formula is C29H35N3O5S. The Morgan fingerprint density at radius 2 is 1.61 bits per heavy atom. The lowest BCUT2D eigenvalue weighted by atomic mass is 10.1. The molecule has 0 spiro atoms. The first-order valence-corrected chi connectivity index (χ1v) is 13.8. The van der Waals surface area contributed by atoms with E-state index >= 15 is 0 Å². The van der Waals surface area contributed by atoms with Crippen LogP contribution < -0.4 is 14.4 Å². The SMILES string of the molecule is COc1cccc(CN(C(=O)CN(c2cccc(C)c2)S(=O)(=O)c2ccccc2)[C@H](C)C(=O)NC(C)C)c1. The van der Waals surface area contributed by atoms with E-state index in [-0.39, 0.29) is 23.4 Å². The van der Waals surface area contributed by atoms with Crippen LogP contribution >= 0.6 is 0 Å². The highest BCUT2D eigenvalue weighted by atomic mass is 32.2. The van der Waals surface area contributed by atoms with Crippen LogP contribution in [0, 0.1) is 6.92 Å². The van der Waals surface area contributed by atoms with Gasteiger partial charge in [0.1, 0.15) is 18.3 Å².